The van der Waals surface area contributed by atoms with E-state index in [9.17, 15) is 4.79 Å². The van der Waals surface area contributed by atoms with E-state index in [1.807, 2.05) is 24.3 Å². The molecule has 0 aliphatic carbocycles. The number of carbonyl (C=O) groups excluding carboxylic acids is 1. The molecule has 0 saturated heterocycles. The number of hydrogen-bond acceptors (Lipinski definition) is 3. The van der Waals surface area contributed by atoms with Crippen LogP contribution in [0.4, 0.5) is 5.69 Å². The smallest absolute Gasteiger partial charge is 0.274 e. The molecule has 0 aliphatic heterocycles. The van der Waals surface area contributed by atoms with Crippen molar-refractivity contribution in [2.75, 3.05) is 11.9 Å². The van der Waals surface area contributed by atoms with Crippen molar-refractivity contribution < 1.29 is 9.53 Å². The number of ether oxygens (including phenoxy) is 1. The first-order valence-electron chi connectivity index (χ1n) is 8.25. The zero-order chi connectivity index (χ0) is 16.3. The van der Waals surface area contributed by atoms with Crippen molar-refractivity contribution in [3.63, 3.8) is 0 Å². The Bertz CT molecular complexity index is 582. The van der Waals surface area contributed by atoms with Gasteiger partial charge in [0.1, 0.15) is 11.4 Å². The predicted molar refractivity (Wildman–Crippen MR) is 92.9 cm³/mol. The number of pyridine rings is 1. The normalized spacial score (nSPS) is 10.3. The molecule has 0 radical (unpaired) electrons. The Morgan fingerprint density at radius 3 is 2.52 bits per heavy atom. The fraction of sp³-hybridized carbons (Fsp3) is 0.368. The number of unbranched alkanes of at least 4 members (excludes halogenated alkanes) is 4. The Hall–Kier alpha value is -2.36. The largest absolute Gasteiger partial charge is 0.494 e. The van der Waals surface area contributed by atoms with Crippen LogP contribution in [0.25, 0.3) is 0 Å². The first-order chi connectivity index (χ1) is 11.3. The van der Waals surface area contributed by atoms with Crippen molar-refractivity contribution in [3.05, 3.63) is 54.4 Å². The summed E-state index contributed by atoms with van der Waals surface area (Å²) >= 11 is 0. The lowest BCUT2D eigenvalue weighted by molar-refractivity contribution is 0.102. The van der Waals surface area contributed by atoms with E-state index in [0.717, 1.165) is 24.5 Å². The quantitative estimate of drug-likeness (QED) is 0.684. The summed E-state index contributed by atoms with van der Waals surface area (Å²) in [6.07, 6.45) is 7.73. The molecule has 0 unspecified atom stereocenters. The van der Waals surface area contributed by atoms with Crippen molar-refractivity contribution in [3.8, 4) is 5.75 Å². The van der Waals surface area contributed by atoms with E-state index in [1.54, 1.807) is 24.4 Å². The number of hydrogen-bond donors (Lipinski definition) is 1. The number of rotatable bonds is 9. The number of nitrogens with one attached hydrogen (secondary N) is 1. The summed E-state index contributed by atoms with van der Waals surface area (Å²) < 4.78 is 5.71. The maximum atomic E-state index is 12.0. The standard InChI is InChI=1S/C19H24N2O2/c1-2-3-4-5-8-15-23-17-12-10-16(11-13-17)21-19(22)18-9-6-7-14-20-18/h6-7,9-14H,2-5,8,15H2,1H3,(H,21,22). The minimum Gasteiger partial charge on any atom is -0.494 e. The summed E-state index contributed by atoms with van der Waals surface area (Å²) in [4.78, 5) is 16.0. The summed E-state index contributed by atoms with van der Waals surface area (Å²) in [7, 11) is 0. The molecular weight excluding hydrogens is 288 g/mol. The monoisotopic (exact) mass is 312 g/mol. The third kappa shape index (κ3) is 6.10. The molecule has 1 aromatic carbocycles. The number of aromatic nitrogens is 1. The van der Waals surface area contributed by atoms with Gasteiger partial charge in [-0.15, -0.1) is 0 Å². The van der Waals surface area contributed by atoms with E-state index in [1.165, 1.54) is 25.7 Å². The second-order valence-corrected chi connectivity index (χ2v) is 5.46. The van der Waals surface area contributed by atoms with Crippen molar-refractivity contribution in [1.29, 1.82) is 0 Å². The van der Waals surface area contributed by atoms with Gasteiger partial charge in [-0.2, -0.15) is 0 Å². The average Bonchev–Trinajstić information content (AvgIpc) is 2.60. The maximum absolute atomic E-state index is 12.0. The molecule has 0 spiro atoms. The van der Waals surface area contributed by atoms with Gasteiger partial charge in [0.25, 0.3) is 5.91 Å². The maximum Gasteiger partial charge on any atom is 0.274 e. The van der Waals surface area contributed by atoms with Gasteiger partial charge >= 0.3 is 0 Å². The first-order valence-corrected chi connectivity index (χ1v) is 8.25. The topological polar surface area (TPSA) is 51.2 Å². The third-order valence-electron chi connectivity index (χ3n) is 3.53. The zero-order valence-corrected chi connectivity index (χ0v) is 13.6. The highest BCUT2D eigenvalue weighted by atomic mass is 16.5. The van der Waals surface area contributed by atoms with Crippen LogP contribution in [0.15, 0.2) is 48.7 Å². The van der Waals surface area contributed by atoms with Gasteiger partial charge in [-0.25, -0.2) is 0 Å². The van der Waals surface area contributed by atoms with Crippen molar-refractivity contribution in [2.24, 2.45) is 0 Å². The third-order valence-corrected chi connectivity index (χ3v) is 3.53. The predicted octanol–water partition coefficient (Wildman–Crippen LogP) is 4.68. The molecule has 0 saturated carbocycles. The molecule has 0 bridgehead atoms. The van der Waals surface area contributed by atoms with E-state index in [4.69, 9.17) is 4.74 Å². The Morgan fingerprint density at radius 2 is 1.83 bits per heavy atom. The molecule has 23 heavy (non-hydrogen) atoms. The van der Waals surface area contributed by atoms with Crippen LogP contribution in [0.1, 0.15) is 49.5 Å². The molecule has 0 aliphatic rings. The van der Waals surface area contributed by atoms with Crippen molar-refractivity contribution in [1.82, 2.24) is 4.98 Å². The molecule has 4 heteroatoms. The molecule has 2 aromatic rings. The highest BCUT2D eigenvalue weighted by molar-refractivity contribution is 6.02. The Labute approximate surface area is 137 Å². The fourth-order valence-electron chi connectivity index (χ4n) is 2.22. The molecule has 0 fully saturated rings. The van der Waals surface area contributed by atoms with Crippen LogP contribution in [0.2, 0.25) is 0 Å². The van der Waals surface area contributed by atoms with Crippen LogP contribution >= 0.6 is 0 Å². The van der Waals surface area contributed by atoms with Gasteiger partial charge in [0.15, 0.2) is 0 Å². The summed E-state index contributed by atoms with van der Waals surface area (Å²) in [5.41, 5.74) is 1.14. The summed E-state index contributed by atoms with van der Waals surface area (Å²) in [5, 5.41) is 2.82. The SMILES string of the molecule is CCCCCCCOc1ccc(NC(=O)c2ccccn2)cc1. The summed E-state index contributed by atoms with van der Waals surface area (Å²) in [6.45, 7) is 2.95. The van der Waals surface area contributed by atoms with Gasteiger partial charge < -0.3 is 10.1 Å². The number of carbonyl (C=O) groups is 1. The molecular formula is C19H24N2O2. The number of amides is 1. The lowest BCUT2D eigenvalue weighted by atomic mass is 10.2. The minimum atomic E-state index is -0.213. The average molecular weight is 312 g/mol. The van der Waals surface area contributed by atoms with E-state index in [-0.39, 0.29) is 5.91 Å². The minimum absolute atomic E-state index is 0.213. The van der Waals surface area contributed by atoms with Crippen LogP contribution in [-0.4, -0.2) is 17.5 Å². The van der Waals surface area contributed by atoms with Crippen LogP contribution in [-0.2, 0) is 0 Å². The molecule has 0 atom stereocenters. The van der Waals surface area contributed by atoms with Gasteiger partial charge in [-0.1, -0.05) is 38.7 Å². The van der Waals surface area contributed by atoms with Crippen molar-refractivity contribution in [2.45, 2.75) is 39.0 Å². The van der Waals surface area contributed by atoms with E-state index in [2.05, 4.69) is 17.2 Å². The highest BCUT2D eigenvalue weighted by Gasteiger charge is 2.06. The van der Waals surface area contributed by atoms with E-state index >= 15 is 0 Å². The lowest BCUT2D eigenvalue weighted by Gasteiger charge is -2.08. The second-order valence-electron chi connectivity index (χ2n) is 5.46. The summed E-state index contributed by atoms with van der Waals surface area (Å²) in [6, 6.07) is 12.7. The van der Waals surface area contributed by atoms with E-state index in [0.29, 0.717) is 5.69 Å². The Balaban J connectivity index is 1.75. The van der Waals surface area contributed by atoms with Crippen molar-refractivity contribution >= 4 is 11.6 Å². The molecule has 4 nitrogen and oxygen atoms in total. The van der Waals surface area contributed by atoms with Gasteiger partial charge in [0, 0.05) is 11.9 Å². The Kier molecular flexibility index (Phi) is 7.11. The number of anilines is 1. The van der Waals surface area contributed by atoms with Gasteiger partial charge in [0.05, 0.1) is 6.61 Å². The highest BCUT2D eigenvalue weighted by Crippen LogP contribution is 2.17. The second kappa shape index (κ2) is 9.62. The summed E-state index contributed by atoms with van der Waals surface area (Å²) in [5.74, 6) is 0.617. The van der Waals surface area contributed by atoms with Crippen LogP contribution < -0.4 is 10.1 Å². The first kappa shape index (κ1) is 17.0. The zero-order valence-electron chi connectivity index (χ0n) is 13.6. The molecule has 122 valence electrons. The molecule has 2 rings (SSSR count). The van der Waals surface area contributed by atoms with Crippen LogP contribution in [0, 0.1) is 0 Å². The van der Waals surface area contributed by atoms with Crippen LogP contribution in [0.5, 0.6) is 5.75 Å². The number of benzene rings is 1. The van der Waals surface area contributed by atoms with E-state index < -0.39 is 0 Å². The van der Waals surface area contributed by atoms with Crippen LogP contribution in [0.3, 0.4) is 0 Å². The van der Waals surface area contributed by atoms with Gasteiger partial charge in [-0.3, -0.25) is 9.78 Å². The molecule has 1 amide bonds. The number of nitrogens with zero attached hydrogens (tertiary/aromatic N) is 1. The molecule has 1 N–H and O–H groups in total. The lowest BCUT2D eigenvalue weighted by Crippen LogP contribution is -2.13. The Morgan fingerprint density at radius 1 is 1.04 bits per heavy atom. The van der Waals surface area contributed by atoms with Gasteiger partial charge in [0.2, 0.25) is 0 Å². The molecule has 1 heterocycles. The fourth-order valence-corrected chi connectivity index (χ4v) is 2.22. The van der Waals surface area contributed by atoms with Gasteiger partial charge in [-0.05, 0) is 42.8 Å². The molecule has 1 aromatic heterocycles.